The van der Waals surface area contributed by atoms with Gasteiger partial charge >= 0.3 is 12.0 Å². The maximum Gasteiger partial charge on any atom is 0.337 e. The van der Waals surface area contributed by atoms with Gasteiger partial charge in [0, 0.05) is 17.1 Å². The number of carbonyl (C=O) groups excluding carboxylic acids is 3. The number of carbonyl (C=O) groups is 3. The number of amides is 3. The van der Waals surface area contributed by atoms with Gasteiger partial charge in [-0.15, -0.1) is 0 Å². The lowest BCUT2D eigenvalue weighted by Gasteiger charge is -2.14. The van der Waals surface area contributed by atoms with Gasteiger partial charge in [0.1, 0.15) is 5.70 Å². The van der Waals surface area contributed by atoms with E-state index in [4.69, 9.17) is 4.74 Å². The molecule has 1 aliphatic rings. The third-order valence-electron chi connectivity index (χ3n) is 6.01. The summed E-state index contributed by atoms with van der Waals surface area (Å²) in [6.45, 7) is 8.05. The first kappa shape index (κ1) is 23.0. The Bertz CT molecular complexity index is 1350. The maximum atomic E-state index is 13.0. The van der Waals surface area contributed by atoms with Crippen molar-refractivity contribution in [3.05, 3.63) is 93.4 Å². The zero-order valence-electron chi connectivity index (χ0n) is 19.9. The van der Waals surface area contributed by atoms with E-state index < -0.39 is 6.03 Å². The summed E-state index contributed by atoms with van der Waals surface area (Å²) < 4.78 is 6.87. The summed E-state index contributed by atoms with van der Waals surface area (Å²) in [6.07, 6.45) is 1.72. The first-order chi connectivity index (χ1) is 16.2. The summed E-state index contributed by atoms with van der Waals surface area (Å²) in [4.78, 5) is 38.6. The molecule has 1 aliphatic heterocycles. The van der Waals surface area contributed by atoms with Crippen LogP contribution in [0, 0.1) is 27.7 Å². The second-order valence-corrected chi connectivity index (χ2v) is 8.52. The quantitative estimate of drug-likeness (QED) is 0.345. The average molecular weight is 458 g/mol. The van der Waals surface area contributed by atoms with E-state index >= 15 is 0 Å². The minimum Gasteiger partial charge on any atom is -0.465 e. The van der Waals surface area contributed by atoms with Gasteiger partial charge < -0.3 is 14.6 Å². The molecule has 0 bridgehead atoms. The number of hydrogen-bond donors (Lipinski definition) is 1. The van der Waals surface area contributed by atoms with E-state index in [1.54, 1.807) is 18.2 Å². The van der Waals surface area contributed by atoms with Gasteiger partial charge in [-0.25, -0.2) is 9.59 Å². The fourth-order valence-corrected chi connectivity index (χ4v) is 4.32. The summed E-state index contributed by atoms with van der Waals surface area (Å²) in [7, 11) is 1.36. The van der Waals surface area contributed by atoms with Gasteiger partial charge in [-0.05, 0) is 74.7 Å². The number of nitrogens with one attached hydrogen (secondary N) is 1. The first-order valence-corrected chi connectivity index (χ1v) is 11.0. The van der Waals surface area contributed by atoms with Crippen molar-refractivity contribution in [2.24, 2.45) is 0 Å². The van der Waals surface area contributed by atoms with Crippen LogP contribution in [0.15, 0.2) is 54.2 Å². The highest BCUT2D eigenvalue weighted by atomic mass is 16.5. The second kappa shape index (κ2) is 9.02. The standard InChI is InChI=1S/C27H27N3O4/c1-16-7-6-8-20(11-16)15-29-25(31)23(28-27(29)33)14-22-13-18(3)30(19(22)4)24-10-9-21(12-17(24)2)26(32)34-5/h6-14H,15H2,1-5H3,(H,28,33)/b23-14+. The molecule has 0 spiro atoms. The van der Waals surface area contributed by atoms with E-state index in [9.17, 15) is 14.4 Å². The number of aryl methyl sites for hydroxylation is 3. The Morgan fingerprint density at radius 3 is 2.47 bits per heavy atom. The Morgan fingerprint density at radius 1 is 1.03 bits per heavy atom. The van der Waals surface area contributed by atoms with Gasteiger partial charge in [0.05, 0.1) is 19.2 Å². The van der Waals surface area contributed by atoms with Crippen LogP contribution in [-0.2, 0) is 16.1 Å². The maximum absolute atomic E-state index is 13.0. The van der Waals surface area contributed by atoms with E-state index in [0.29, 0.717) is 5.56 Å². The van der Waals surface area contributed by atoms with Gasteiger partial charge in [-0.3, -0.25) is 9.69 Å². The van der Waals surface area contributed by atoms with Crippen molar-refractivity contribution >= 4 is 24.0 Å². The molecule has 34 heavy (non-hydrogen) atoms. The minimum atomic E-state index is -0.430. The van der Waals surface area contributed by atoms with Crippen LogP contribution in [0.4, 0.5) is 4.79 Å². The molecule has 0 aliphatic carbocycles. The molecule has 2 heterocycles. The number of methoxy groups -OCH3 is 1. The Balaban J connectivity index is 1.64. The molecule has 7 nitrogen and oxygen atoms in total. The van der Waals surface area contributed by atoms with Gasteiger partial charge in [0.25, 0.3) is 5.91 Å². The largest absolute Gasteiger partial charge is 0.465 e. The van der Waals surface area contributed by atoms with Gasteiger partial charge in [-0.2, -0.15) is 0 Å². The summed E-state index contributed by atoms with van der Waals surface area (Å²) >= 11 is 0. The van der Waals surface area contributed by atoms with Crippen molar-refractivity contribution in [1.29, 1.82) is 0 Å². The monoisotopic (exact) mass is 457 g/mol. The summed E-state index contributed by atoms with van der Waals surface area (Å²) in [5.41, 5.74) is 7.25. The van der Waals surface area contributed by atoms with Crippen LogP contribution in [0.2, 0.25) is 0 Å². The Hall–Kier alpha value is -4.13. The molecule has 3 aromatic rings. The lowest BCUT2D eigenvalue weighted by atomic mass is 10.1. The van der Waals surface area contributed by atoms with Crippen molar-refractivity contribution in [2.75, 3.05) is 7.11 Å². The van der Waals surface area contributed by atoms with Crippen LogP contribution in [0.5, 0.6) is 0 Å². The third-order valence-corrected chi connectivity index (χ3v) is 6.01. The van der Waals surface area contributed by atoms with E-state index in [1.807, 2.05) is 64.1 Å². The van der Waals surface area contributed by atoms with Crippen LogP contribution in [0.25, 0.3) is 11.8 Å². The second-order valence-electron chi connectivity index (χ2n) is 8.52. The van der Waals surface area contributed by atoms with Crippen molar-refractivity contribution in [3.8, 4) is 5.69 Å². The highest BCUT2D eigenvalue weighted by Crippen LogP contribution is 2.27. The summed E-state index contributed by atoms with van der Waals surface area (Å²) in [5, 5.41) is 2.71. The van der Waals surface area contributed by atoms with Crippen LogP contribution in [0.1, 0.15) is 44.0 Å². The average Bonchev–Trinajstić information content (AvgIpc) is 3.22. The molecule has 0 atom stereocenters. The fraction of sp³-hybridized carbons (Fsp3) is 0.222. The number of ether oxygens (including phenoxy) is 1. The highest BCUT2D eigenvalue weighted by Gasteiger charge is 2.33. The number of nitrogens with zero attached hydrogens (tertiary/aromatic N) is 2. The lowest BCUT2D eigenvalue weighted by molar-refractivity contribution is -0.123. The molecule has 7 heteroatoms. The van der Waals surface area contributed by atoms with Gasteiger partial charge in [0.15, 0.2) is 0 Å². The minimum absolute atomic E-state index is 0.217. The smallest absolute Gasteiger partial charge is 0.337 e. The number of urea groups is 1. The Morgan fingerprint density at radius 2 is 1.79 bits per heavy atom. The summed E-state index contributed by atoms with van der Waals surface area (Å²) in [6, 6.07) is 14.7. The first-order valence-electron chi connectivity index (χ1n) is 11.0. The van der Waals surface area contributed by atoms with Crippen LogP contribution in [0.3, 0.4) is 0 Å². The molecule has 3 amide bonds. The highest BCUT2D eigenvalue weighted by molar-refractivity contribution is 6.14. The van der Waals surface area contributed by atoms with E-state index in [1.165, 1.54) is 12.0 Å². The van der Waals surface area contributed by atoms with E-state index in [-0.39, 0.29) is 24.1 Å². The SMILES string of the molecule is COC(=O)c1ccc(-n2c(C)cc(/C=C3/NC(=O)N(Cc4cccc(C)c4)C3=O)c2C)c(C)c1. The molecule has 1 fully saturated rings. The van der Waals surface area contributed by atoms with Crippen LogP contribution < -0.4 is 5.32 Å². The number of aromatic nitrogens is 1. The Labute approximate surface area is 198 Å². The Kier molecular flexibility index (Phi) is 6.11. The molecule has 0 radical (unpaired) electrons. The van der Waals surface area contributed by atoms with E-state index in [2.05, 4.69) is 9.88 Å². The van der Waals surface area contributed by atoms with Crippen LogP contribution >= 0.6 is 0 Å². The van der Waals surface area contributed by atoms with Crippen molar-refractivity contribution in [1.82, 2.24) is 14.8 Å². The summed E-state index contributed by atoms with van der Waals surface area (Å²) in [5.74, 6) is -0.735. The van der Waals surface area contributed by atoms with Crippen LogP contribution in [-0.4, -0.2) is 34.5 Å². The number of rotatable bonds is 5. The third kappa shape index (κ3) is 4.24. The predicted molar refractivity (Wildman–Crippen MR) is 130 cm³/mol. The van der Waals surface area contributed by atoms with Crippen molar-refractivity contribution in [2.45, 2.75) is 34.2 Å². The molecule has 4 rings (SSSR count). The normalized spacial score (nSPS) is 14.6. The molecule has 1 N–H and O–H groups in total. The molecule has 1 aromatic heterocycles. The number of benzene rings is 2. The number of esters is 1. The van der Waals surface area contributed by atoms with Gasteiger partial charge in [0.2, 0.25) is 0 Å². The number of imide groups is 1. The lowest BCUT2D eigenvalue weighted by Crippen LogP contribution is -2.30. The fourth-order valence-electron chi connectivity index (χ4n) is 4.32. The predicted octanol–water partition coefficient (Wildman–Crippen LogP) is 4.59. The molecule has 174 valence electrons. The molecule has 0 saturated carbocycles. The number of hydrogen-bond acceptors (Lipinski definition) is 4. The molecular formula is C27H27N3O4. The van der Waals surface area contributed by atoms with E-state index in [0.717, 1.165) is 39.3 Å². The molecule has 0 unspecified atom stereocenters. The molecular weight excluding hydrogens is 430 g/mol. The van der Waals surface area contributed by atoms with Crippen molar-refractivity contribution < 1.29 is 19.1 Å². The zero-order valence-corrected chi connectivity index (χ0v) is 19.9. The van der Waals surface area contributed by atoms with Crippen molar-refractivity contribution in [3.63, 3.8) is 0 Å². The topological polar surface area (TPSA) is 80.6 Å². The van der Waals surface area contributed by atoms with Gasteiger partial charge in [-0.1, -0.05) is 29.8 Å². The molecule has 1 saturated heterocycles. The molecule has 2 aromatic carbocycles. The zero-order chi connectivity index (χ0) is 24.6.